The van der Waals surface area contributed by atoms with Gasteiger partial charge in [0.15, 0.2) is 5.69 Å². The number of likely N-dealkylation sites (tertiary alicyclic amines) is 1. The Hall–Kier alpha value is -2.41. The molecule has 0 radical (unpaired) electrons. The van der Waals surface area contributed by atoms with E-state index in [0.717, 1.165) is 32.4 Å². The number of nitrogens with zero attached hydrogens (tertiary/aromatic N) is 4. The molecule has 4 rings (SSSR count). The van der Waals surface area contributed by atoms with Crippen LogP contribution in [0.15, 0.2) is 24.4 Å². The quantitative estimate of drug-likeness (QED) is 0.828. The average Bonchev–Trinajstić information content (AvgIpc) is 3.08. The van der Waals surface area contributed by atoms with Crippen LogP contribution in [0.4, 0.5) is 0 Å². The van der Waals surface area contributed by atoms with E-state index in [0.29, 0.717) is 43.3 Å². The number of aromatic nitrogens is 2. The number of rotatable bonds is 2. The highest BCUT2D eigenvalue weighted by Crippen LogP contribution is 2.19. The van der Waals surface area contributed by atoms with Crippen molar-refractivity contribution >= 4 is 17.3 Å². The number of fused-ring (bicyclic) bond motifs is 1. The topological polar surface area (TPSA) is 67.1 Å². The maximum absolute atomic E-state index is 12.9. The molecule has 7 nitrogen and oxygen atoms in total. The predicted molar refractivity (Wildman–Crippen MR) is 91.7 cm³/mol. The zero-order valence-corrected chi connectivity index (χ0v) is 14.2. The Balaban J connectivity index is 1.70. The van der Waals surface area contributed by atoms with Crippen LogP contribution in [-0.4, -0.2) is 70.4 Å². The molecular formula is C18H22N4O3. The van der Waals surface area contributed by atoms with Gasteiger partial charge in [0.25, 0.3) is 11.8 Å². The van der Waals surface area contributed by atoms with Crippen molar-refractivity contribution in [1.82, 2.24) is 19.2 Å². The van der Waals surface area contributed by atoms with Gasteiger partial charge in [-0.3, -0.25) is 14.0 Å². The van der Waals surface area contributed by atoms with Crippen LogP contribution < -0.4 is 0 Å². The predicted octanol–water partition coefficient (Wildman–Crippen LogP) is 1.43. The summed E-state index contributed by atoms with van der Waals surface area (Å²) in [5, 5.41) is 0. The summed E-state index contributed by atoms with van der Waals surface area (Å²) in [4.78, 5) is 33.9. The highest BCUT2D eigenvalue weighted by molar-refractivity contribution is 6.02. The van der Waals surface area contributed by atoms with E-state index in [1.807, 2.05) is 23.1 Å². The van der Waals surface area contributed by atoms with E-state index >= 15 is 0 Å². The minimum atomic E-state index is -0.151. The molecule has 0 bridgehead atoms. The number of imidazole rings is 1. The van der Waals surface area contributed by atoms with Crippen LogP contribution in [0.2, 0.25) is 0 Å². The first kappa shape index (κ1) is 16.1. The lowest BCUT2D eigenvalue weighted by atomic mass is 10.1. The van der Waals surface area contributed by atoms with E-state index in [2.05, 4.69) is 4.98 Å². The smallest absolute Gasteiger partial charge is 0.290 e. The summed E-state index contributed by atoms with van der Waals surface area (Å²) < 4.78 is 7.05. The third-order valence-corrected chi connectivity index (χ3v) is 4.88. The van der Waals surface area contributed by atoms with Crippen molar-refractivity contribution in [3.63, 3.8) is 0 Å². The zero-order valence-electron chi connectivity index (χ0n) is 14.2. The Labute approximate surface area is 146 Å². The van der Waals surface area contributed by atoms with Crippen molar-refractivity contribution in [1.29, 1.82) is 0 Å². The summed E-state index contributed by atoms with van der Waals surface area (Å²) in [5.74, 6) is 0.0736. The molecule has 2 aliphatic rings. The van der Waals surface area contributed by atoms with Crippen molar-refractivity contribution < 1.29 is 14.3 Å². The number of ether oxygens (including phenoxy) is 1. The van der Waals surface area contributed by atoms with Gasteiger partial charge >= 0.3 is 0 Å². The van der Waals surface area contributed by atoms with E-state index in [1.54, 1.807) is 15.5 Å². The molecule has 0 saturated carbocycles. The van der Waals surface area contributed by atoms with E-state index in [-0.39, 0.29) is 11.8 Å². The van der Waals surface area contributed by atoms with Crippen LogP contribution in [0.5, 0.6) is 0 Å². The van der Waals surface area contributed by atoms with E-state index in [9.17, 15) is 9.59 Å². The normalized spacial score (nSPS) is 18.6. The monoisotopic (exact) mass is 342 g/mol. The van der Waals surface area contributed by atoms with E-state index < -0.39 is 0 Å². The highest BCUT2D eigenvalue weighted by Gasteiger charge is 2.28. The van der Waals surface area contributed by atoms with Crippen molar-refractivity contribution in [3.05, 3.63) is 35.9 Å². The van der Waals surface area contributed by atoms with Crippen LogP contribution in [0.25, 0.3) is 5.52 Å². The molecule has 132 valence electrons. The lowest BCUT2D eigenvalue weighted by Gasteiger charge is -2.26. The van der Waals surface area contributed by atoms with E-state index in [4.69, 9.17) is 4.74 Å². The molecule has 0 aromatic carbocycles. The van der Waals surface area contributed by atoms with Gasteiger partial charge < -0.3 is 14.5 Å². The first-order valence-electron chi connectivity index (χ1n) is 8.89. The summed E-state index contributed by atoms with van der Waals surface area (Å²) in [6, 6.07) is 5.56. The molecule has 0 aliphatic carbocycles. The summed E-state index contributed by atoms with van der Waals surface area (Å²) in [7, 11) is 0. The van der Waals surface area contributed by atoms with Gasteiger partial charge in [0.05, 0.1) is 18.7 Å². The van der Waals surface area contributed by atoms with Gasteiger partial charge in [-0.2, -0.15) is 0 Å². The first-order valence-corrected chi connectivity index (χ1v) is 8.89. The maximum Gasteiger partial charge on any atom is 0.290 e. The Morgan fingerprint density at radius 2 is 1.64 bits per heavy atom. The van der Waals surface area contributed by atoms with Gasteiger partial charge in [0.2, 0.25) is 5.82 Å². The fourth-order valence-electron chi connectivity index (χ4n) is 3.50. The Morgan fingerprint density at radius 3 is 2.40 bits per heavy atom. The number of amides is 2. The van der Waals surface area contributed by atoms with Crippen LogP contribution in [0, 0.1) is 0 Å². The number of morpholine rings is 1. The fourth-order valence-corrected chi connectivity index (χ4v) is 3.50. The van der Waals surface area contributed by atoms with Gasteiger partial charge in [-0.15, -0.1) is 0 Å². The molecular weight excluding hydrogens is 320 g/mol. The van der Waals surface area contributed by atoms with Gasteiger partial charge in [-0.1, -0.05) is 6.07 Å². The van der Waals surface area contributed by atoms with Gasteiger partial charge in [0, 0.05) is 32.4 Å². The number of pyridine rings is 1. The summed E-state index contributed by atoms with van der Waals surface area (Å²) in [6.07, 6.45) is 5.01. The van der Waals surface area contributed by atoms with E-state index in [1.165, 1.54) is 0 Å². The lowest BCUT2D eigenvalue weighted by Crippen LogP contribution is -2.41. The van der Waals surface area contributed by atoms with Crippen molar-refractivity contribution in [2.24, 2.45) is 0 Å². The van der Waals surface area contributed by atoms with Crippen LogP contribution in [-0.2, 0) is 4.74 Å². The average molecular weight is 342 g/mol. The molecule has 0 atom stereocenters. The van der Waals surface area contributed by atoms with Gasteiger partial charge in [0.1, 0.15) is 0 Å². The molecule has 0 N–H and O–H groups in total. The molecule has 2 amide bonds. The molecule has 0 unspecified atom stereocenters. The number of carbonyl (C=O) groups excluding carboxylic acids is 2. The van der Waals surface area contributed by atoms with Crippen LogP contribution >= 0.6 is 0 Å². The molecule has 7 heteroatoms. The molecule has 2 saturated heterocycles. The Kier molecular flexibility index (Phi) is 4.40. The third kappa shape index (κ3) is 3.00. The second kappa shape index (κ2) is 6.84. The molecule has 2 aromatic heterocycles. The summed E-state index contributed by atoms with van der Waals surface area (Å²) >= 11 is 0. The second-order valence-electron chi connectivity index (χ2n) is 6.50. The Bertz CT molecular complexity index is 725. The van der Waals surface area contributed by atoms with Gasteiger partial charge in [-0.05, 0) is 31.4 Å². The zero-order chi connectivity index (χ0) is 17.2. The highest BCUT2D eigenvalue weighted by atomic mass is 16.5. The van der Waals surface area contributed by atoms with Crippen LogP contribution in [0.1, 0.15) is 40.4 Å². The number of hydrogen-bond donors (Lipinski definition) is 0. The summed E-state index contributed by atoms with van der Waals surface area (Å²) in [5.41, 5.74) is 1.06. The number of carbonyl (C=O) groups is 2. The number of piperidine rings is 1. The molecule has 25 heavy (non-hydrogen) atoms. The fraction of sp³-hybridized carbons (Fsp3) is 0.500. The van der Waals surface area contributed by atoms with Crippen molar-refractivity contribution in [3.8, 4) is 0 Å². The summed E-state index contributed by atoms with van der Waals surface area (Å²) in [6.45, 7) is 3.70. The maximum atomic E-state index is 12.9. The minimum Gasteiger partial charge on any atom is -0.378 e. The standard InChI is InChI=1S/C18H22N4O3/c23-17(20-7-3-1-4-8-20)15-14-6-2-5-9-22(14)16(19-15)18(24)21-10-12-25-13-11-21/h2,5-6,9H,1,3-4,7-8,10-13H2. The lowest BCUT2D eigenvalue weighted by molar-refractivity contribution is 0.0294. The minimum absolute atomic E-state index is 0.0792. The third-order valence-electron chi connectivity index (χ3n) is 4.88. The van der Waals surface area contributed by atoms with Gasteiger partial charge in [-0.25, -0.2) is 4.98 Å². The molecule has 2 fully saturated rings. The molecule has 0 spiro atoms. The van der Waals surface area contributed by atoms with Crippen molar-refractivity contribution in [2.45, 2.75) is 19.3 Å². The first-order chi connectivity index (χ1) is 12.3. The SMILES string of the molecule is O=C(c1nc(C(=O)N2CCOCC2)n2ccccc12)N1CCCCC1. The molecule has 4 heterocycles. The number of hydrogen-bond acceptors (Lipinski definition) is 4. The molecule has 2 aliphatic heterocycles. The largest absolute Gasteiger partial charge is 0.378 e. The second-order valence-corrected chi connectivity index (χ2v) is 6.50. The Morgan fingerprint density at radius 1 is 0.920 bits per heavy atom. The van der Waals surface area contributed by atoms with Crippen molar-refractivity contribution in [2.75, 3.05) is 39.4 Å². The molecule has 2 aromatic rings. The van der Waals surface area contributed by atoms with Crippen LogP contribution in [0.3, 0.4) is 0 Å².